The average molecular weight is 418 g/mol. The van der Waals surface area contributed by atoms with Gasteiger partial charge in [0.2, 0.25) is 0 Å². The highest BCUT2D eigenvalue weighted by Gasteiger charge is 2.16. The number of carbonyl (C=O) groups excluding carboxylic acids is 1. The lowest BCUT2D eigenvalue weighted by Gasteiger charge is -2.12. The van der Waals surface area contributed by atoms with Crippen LogP contribution in [0.5, 0.6) is 0 Å². The number of aryl methyl sites for hydroxylation is 1. The number of H-pyrrole nitrogens is 1. The highest BCUT2D eigenvalue weighted by Crippen LogP contribution is 2.26. The molecule has 4 aromatic rings. The van der Waals surface area contributed by atoms with Crippen molar-refractivity contribution in [1.29, 1.82) is 0 Å². The van der Waals surface area contributed by atoms with E-state index in [1.54, 1.807) is 10.7 Å². The molecule has 0 spiro atoms. The van der Waals surface area contributed by atoms with E-state index in [-0.39, 0.29) is 23.9 Å². The van der Waals surface area contributed by atoms with Gasteiger partial charge < -0.3 is 9.84 Å². The summed E-state index contributed by atoms with van der Waals surface area (Å²) in [5, 5.41) is 17.0. The number of rotatable bonds is 6. The lowest BCUT2D eigenvalue weighted by molar-refractivity contribution is 0.0947. The van der Waals surface area contributed by atoms with Crippen LogP contribution in [0.25, 0.3) is 16.8 Å². The van der Waals surface area contributed by atoms with Crippen molar-refractivity contribution in [3.05, 3.63) is 81.6 Å². The molecule has 2 heterocycles. The minimum Gasteiger partial charge on any atom is -0.382 e. The standard InChI is InChI=1S/C22H22N6O3/c1-13(2)21-24-26-27-28(21)18-9-16(15-6-4-14(3)5-7-15)8-17(10-18)22(30)23-12-19-11-20(29)25-31-19/h4-11,13H,12H2,1-3H3,(H,23,30)(H,25,29). The Balaban J connectivity index is 1.73. The van der Waals surface area contributed by atoms with E-state index in [1.807, 2.05) is 57.2 Å². The van der Waals surface area contributed by atoms with Crippen LogP contribution in [0, 0.1) is 6.92 Å². The molecule has 0 fully saturated rings. The first kappa shape index (κ1) is 20.3. The second kappa shape index (κ2) is 8.39. The Morgan fingerprint density at radius 1 is 1.13 bits per heavy atom. The Morgan fingerprint density at radius 3 is 2.58 bits per heavy atom. The minimum atomic E-state index is -0.354. The number of benzene rings is 2. The van der Waals surface area contributed by atoms with E-state index in [9.17, 15) is 9.59 Å². The van der Waals surface area contributed by atoms with Crippen molar-refractivity contribution in [3.63, 3.8) is 0 Å². The summed E-state index contributed by atoms with van der Waals surface area (Å²) < 4.78 is 6.64. The van der Waals surface area contributed by atoms with Crippen molar-refractivity contribution in [2.75, 3.05) is 0 Å². The molecule has 0 aliphatic heterocycles. The van der Waals surface area contributed by atoms with E-state index in [2.05, 4.69) is 26.0 Å². The van der Waals surface area contributed by atoms with Crippen LogP contribution in [0.3, 0.4) is 0 Å². The maximum absolute atomic E-state index is 12.9. The molecule has 0 atom stereocenters. The molecule has 0 saturated heterocycles. The van der Waals surface area contributed by atoms with Gasteiger partial charge in [0, 0.05) is 17.5 Å². The third-order valence-corrected chi connectivity index (χ3v) is 4.82. The number of tetrazole rings is 1. The second-order valence-electron chi connectivity index (χ2n) is 7.60. The summed E-state index contributed by atoms with van der Waals surface area (Å²) >= 11 is 0. The number of hydrogen-bond donors (Lipinski definition) is 2. The number of aromatic nitrogens is 5. The second-order valence-corrected chi connectivity index (χ2v) is 7.60. The van der Waals surface area contributed by atoms with Gasteiger partial charge in [0.1, 0.15) is 0 Å². The van der Waals surface area contributed by atoms with Gasteiger partial charge in [-0.15, -0.1) is 5.10 Å². The molecule has 0 unspecified atom stereocenters. The van der Waals surface area contributed by atoms with Gasteiger partial charge in [-0.25, -0.2) is 0 Å². The van der Waals surface area contributed by atoms with Crippen LogP contribution in [0.1, 0.15) is 47.3 Å². The largest absolute Gasteiger partial charge is 0.382 e. The monoisotopic (exact) mass is 418 g/mol. The molecule has 0 bridgehead atoms. The summed E-state index contributed by atoms with van der Waals surface area (Å²) in [5.41, 5.74) is 3.75. The highest BCUT2D eigenvalue weighted by atomic mass is 16.5. The van der Waals surface area contributed by atoms with Crippen molar-refractivity contribution >= 4 is 5.91 Å². The van der Waals surface area contributed by atoms with Gasteiger partial charge in [0.05, 0.1) is 12.2 Å². The smallest absolute Gasteiger partial charge is 0.280 e. The maximum atomic E-state index is 12.9. The predicted octanol–water partition coefficient (Wildman–Crippen LogP) is 2.97. The maximum Gasteiger partial charge on any atom is 0.280 e. The molecule has 4 rings (SSSR count). The predicted molar refractivity (Wildman–Crippen MR) is 114 cm³/mol. The van der Waals surface area contributed by atoms with Gasteiger partial charge in [-0.2, -0.15) is 9.84 Å². The third kappa shape index (κ3) is 4.45. The van der Waals surface area contributed by atoms with E-state index < -0.39 is 0 Å². The Kier molecular flexibility index (Phi) is 5.48. The molecule has 158 valence electrons. The minimum absolute atomic E-state index is 0.0871. The van der Waals surface area contributed by atoms with Crippen molar-refractivity contribution < 1.29 is 9.32 Å². The summed E-state index contributed by atoms with van der Waals surface area (Å²) in [6.45, 7) is 6.12. The summed E-state index contributed by atoms with van der Waals surface area (Å²) in [6.07, 6.45) is 0. The fourth-order valence-corrected chi connectivity index (χ4v) is 3.19. The molecular formula is C22H22N6O3. The normalized spacial score (nSPS) is 11.1. The topological polar surface area (TPSA) is 119 Å². The first-order valence-electron chi connectivity index (χ1n) is 9.87. The van der Waals surface area contributed by atoms with Crippen LogP contribution in [0.4, 0.5) is 0 Å². The quantitative estimate of drug-likeness (QED) is 0.497. The number of aromatic amines is 1. The molecule has 2 aromatic carbocycles. The van der Waals surface area contributed by atoms with E-state index in [0.717, 1.165) is 16.7 Å². The van der Waals surface area contributed by atoms with Gasteiger partial charge in [-0.1, -0.05) is 43.7 Å². The molecule has 0 saturated carbocycles. The fraction of sp³-hybridized carbons (Fsp3) is 0.227. The third-order valence-electron chi connectivity index (χ3n) is 4.82. The van der Waals surface area contributed by atoms with Crippen molar-refractivity contribution in [1.82, 2.24) is 30.7 Å². The number of nitrogens with zero attached hydrogens (tertiary/aromatic N) is 4. The summed E-state index contributed by atoms with van der Waals surface area (Å²) in [6, 6.07) is 14.9. The molecule has 0 aliphatic carbocycles. The summed E-state index contributed by atoms with van der Waals surface area (Å²) in [7, 11) is 0. The van der Waals surface area contributed by atoms with Crippen LogP contribution in [-0.4, -0.2) is 31.3 Å². The summed E-state index contributed by atoms with van der Waals surface area (Å²) in [5.74, 6) is 0.836. The zero-order chi connectivity index (χ0) is 22.0. The van der Waals surface area contributed by atoms with Crippen molar-refractivity contribution in [2.45, 2.75) is 33.2 Å². The lowest BCUT2D eigenvalue weighted by atomic mass is 10.0. The first-order valence-corrected chi connectivity index (χ1v) is 9.87. The van der Waals surface area contributed by atoms with E-state index in [1.165, 1.54) is 6.07 Å². The molecule has 9 nitrogen and oxygen atoms in total. The number of amides is 1. The Hall–Kier alpha value is -4.01. The fourth-order valence-electron chi connectivity index (χ4n) is 3.19. The molecular weight excluding hydrogens is 396 g/mol. The van der Waals surface area contributed by atoms with E-state index in [4.69, 9.17) is 4.52 Å². The highest BCUT2D eigenvalue weighted by molar-refractivity contribution is 5.96. The van der Waals surface area contributed by atoms with E-state index in [0.29, 0.717) is 22.8 Å². The van der Waals surface area contributed by atoms with Crippen molar-refractivity contribution in [2.24, 2.45) is 0 Å². The van der Waals surface area contributed by atoms with Gasteiger partial charge in [-0.3, -0.25) is 9.59 Å². The average Bonchev–Trinajstić information content (AvgIpc) is 3.41. The van der Waals surface area contributed by atoms with Crippen LogP contribution < -0.4 is 10.9 Å². The molecule has 2 aromatic heterocycles. The molecule has 1 amide bonds. The van der Waals surface area contributed by atoms with Gasteiger partial charge in [0.15, 0.2) is 11.6 Å². The Labute approximate surface area is 178 Å². The SMILES string of the molecule is Cc1ccc(-c2cc(C(=O)NCc3cc(=O)[nH]o3)cc(-n3nnnc3C(C)C)c2)cc1. The number of hydrogen-bond acceptors (Lipinski definition) is 6. The first-order chi connectivity index (χ1) is 14.9. The number of carbonyl (C=O) groups is 1. The van der Waals surface area contributed by atoms with E-state index >= 15 is 0 Å². The van der Waals surface area contributed by atoms with Crippen LogP contribution in [-0.2, 0) is 6.54 Å². The molecule has 2 N–H and O–H groups in total. The van der Waals surface area contributed by atoms with Crippen LogP contribution >= 0.6 is 0 Å². The molecule has 0 radical (unpaired) electrons. The van der Waals surface area contributed by atoms with Gasteiger partial charge >= 0.3 is 0 Å². The summed E-state index contributed by atoms with van der Waals surface area (Å²) in [4.78, 5) is 24.1. The zero-order valence-corrected chi connectivity index (χ0v) is 17.4. The number of nitrogens with one attached hydrogen (secondary N) is 2. The van der Waals surface area contributed by atoms with Crippen molar-refractivity contribution in [3.8, 4) is 16.8 Å². The molecule has 31 heavy (non-hydrogen) atoms. The van der Waals surface area contributed by atoms with Crippen LogP contribution in [0.15, 0.2) is 57.8 Å². The van der Waals surface area contributed by atoms with Gasteiger partial charge in [-0.05, 0) is 46.7 Å². The van der Waals surface area contributed by atoms with Gasteiger partial charge in [0.25, 0.3) is 11.5 Å². The Morgan fingerprint density at radius 2 is 1.90 bits per heavy atom. The molecule has 9 heteroatoms. The van der Waals surface area contributed by atoms with Crippen LogP contribution in [0.2, 0.25) is 0 Å². The zero-order valence-electron chi connectivity index (χ0n) is 17.4. The Bertz CT molecular complexity index is 1270. The molecule has 0 aliphatic rings. The lowest BCUT2D eigenvalue weighted by Crippen LogP contribution is -2.23.